The Balaban J connectivity index is 2.36. The molecule has 0 aliphatic heterocycles. The Hall–Kier alpha value is -0.630. The van der Waals surface area contributed by atoms with Gasteiger partial charge in [0.1, 0.15) is 11.6 Å². The molecule has 1 aliphatic rings. The van der Waals surface area contributed by atoms with E-state index in [1.54, 1.807) is 13.0 Å². The molecule has 17 heavy (non-hydrogen) atoms. The van der Waals surface area contributed by atoms with Gasteiger partial charge in [-0.15, -0.1) is 11.6 Å². The minimum atomic E-state index is -0.527. The molecule has 3 heteroatoms. The highest BCUT2D eigenvalue weighted by Crippen LogP contribution is 2.51. The summed E-state index contributed by atoms with van der Waals surface area (Å²) in [5.41, 5.74) is 0.829. The summed E-state index contributed by atoms with van der Waals surface area (Å²) in [5, 5.41) is -0.371. The molecule has 1 atom stereocenters. The molecule has 0 nitrogen and oxygen atoms in total. The predicted octanol–water partition coefficient (Wildman–Crippen LogP) is 5.13. The number of aryl methyl sites for hydroxylation is 1. The van der Waals surface area contributed by atoms with Crippen molar-refractivity contribution in [2.24, 2.45) is 5.41 Å². The van der Waals surface area contributed by atoms with Gasteiger partial charge < -0.3 is 0 Å². The van der Waals surface area contributed by atoms with Crippen LogP contribution in [0.5, 0.6) is 0 Å². The highest BCUT2D eigenvalue weighted by atomic mass is 35.5. The average Bonchev–Trinajstić information content (AvgIpc) is 2.71. The molecule has 1 aromatic carbocycles. The number of hydrogen-bond acceptors (Lipinski definition) is 0. The van der Waals surface area contributed by atoms with E-state index >= 15 is 0 Å². The second kappa shape index (κ2) is 4.56. The summed E-state index contributed by atoms with van der Waals surface area (Å²) in [4.78, 5) is 0. The second-order valence-corrected chi connectivity index (χ2v) is 5.78. The van der Waals surface area contributed by atoms with Gasteiger partial charge >= 0.3 is 0 Å². The van der Waals surface area contributed by atoms with Crippen molar-refractivity contribution >= 4 is 11.6 Å². The van der Waals surface area contributed by atoms with Crippen LogP contribution in [0.25, 0.3) is 0 Å². The lowest BCUT2D eigenvalue weighted by atomic mass is 9.81. The molecule has 94 valence electrons. The van der Waals surface area contributed by atoms with E-state index in [1.807, 2.05) is 0 Å². The SMILES string of the molecule is Cc1cc(C(Cl)C2(C)CCCC2)c(F)cc1F. The molecule has 0 spiro atoms. The molecule has 1 aromatic rings. The molecule has 0 N–H and O–H groups in total. The van der Waals surface area contributed by atoms with Crippen LogP contribution in [0.4, 0.5) is 8.78 Å². The molecule has 1 aliphatic carbocycles. The first-order chi connectivity index (χ1) is 7.94. The maximum absolute atomic E-state index is 13.8. The molecular weight excluding hydrogens is 242 g/mol. The molecule has 1 unspecified atom stereocenters. The minimum absolute atomic E-state index is 0.0628. The molecule has 1 saturated carbocycles. The van der Waals surface area contributed by atoms with Crippen LogP contribution in [-0.2, 0) is 0 Å². The molecule has 0 bridgehead atoms. The Morgan fingerprint density at radius 3 is 2.35 bits per heavy atom. The van der Waals surface area contributed by atoms with Crippen molar-refractivity contribution in [2.75, 3.05) is 0 Å². The molecule has 0 radical (unpaired) electrons. The van der Waals surface area contributed by atoms with Crippen LogP contribution >= 0.6 is 11.6 Å². The van der Waals surface area contributed by atoms with Crippen LogP contribution in [0.1, 0.15) is 49.1 Å². The number of alkyl halides is 1. The fourth-order valence-electron chi connectivity index (χ4n) is 2.69. The van der Waals surface area contributed by atoms with Crippen LogP contribution in [0.2, 0.25) is 0 Å². The molecule has 0 saturated heterocycles. The first-order valence-electron chi connectivity index (χ1n) is 6.04. The Kier molecular flexibility index (Phi) is 3.44. The molecule has 0 amide bonds. The Morgan fingerprint density at radius 1 is 1.18 bits per heavy atom. The van der Waals surface area contributed by atoms with Crippen molar-refractivity contribution in [1.82, 2.24) is 0 Å². The summed E-state index contributed by atoms with van der Waals surface area (Å²) in [6, 6.07) is 2.49. The fraction of sp³-hybridized carbons (Fsp3) is 0.571. The third kappa shape index (κ3) is 2.33. The first-order valence-corrected chi connectivity index (χ1v) is 6.47. The topological polar surface area (TPSA) is 0 Å². The summed E-state index contributed by atoms with van der Waals surface area (Å²) in [7, 11) is 0. The molecule has 1 fully saturated rings. The van der Waals surface area contributed by atoms with Gasteiger partial charge in [-0.05, 0) is 36.8 Å². The largest absolute Gasteiger partial charge is 0.207 e. The second-order valence-electron chi connectivity index (χ2n) is 5.35. The van der Waals surface area contributed by atoms with Crippen LogP contribution in [-0.4, -0.2) is 0 Å². The highest BCUT2D eigenvalue weighted by molar-refractivity contribution is 6.21. The molecule has 2 rings (SSSR count). The smallest absolute Gasteiger partial charge is 0.130 e. The normalized spacial score (nSPS) is 20.5. The summed E-state index contributed by atoms with van der Waals surface area (Å²) in [6.07, 6.45) is 4.30. The average molecular weight is 259 g/mol. The van der Waals surface area contributed by atoms with Gasteiger partial charge in [-0.3, -0.25) is 0 Å². The predicted molar refractivity (Wildman–Crippen MR) is 66.3 cm³/mol. The third-order valence-corrected chi connectivity index (χ3v) is 4.67. The Morgan fingerprint density at radius 2 is 1.76 bits per heavy atom. The van der Waals surface area contributed by atoms with Crippen LogP contribution < -0.4 is 0 Å². The van der Waals surface area contributed by atoms with Crippen molar-refractivity contribution in [3.63, 3.8) is 0 Å². The van der Waals surface area contributed by atoms with Crippen molar-refractivity contribution in [3.8, 4) is 0 Å². The Bertz CT molecular complexity index is 422. The summed E-state index contributed by atoms with van der Waals surface area (Å²) in [5.74, 6) is -1.03. The third-order valence-electron chi connectivity index (χ3n) is 3.91. The minimum Gasteiger partial charge on any atom is -0.207 e. The first kappa shape index (κ1) is 12.8. The van der Waals surface area contributed by atoms with Crippen molar-refractivity contribution in [3.05, 3.63) is 34.9 Å². The standard InChI is InChI=1S/C14H17ClF2/c1-9-7-10(12(17)8-11(9)16)13(15)14(2)5-3-4-6-14/h7-8,13H,3-6H2,1-2H3. The monoisotopic (exact) mass is 258 g/mol. The van der Waals surface area contributed by atoms with E-state index < -0.39 is 11.6 Å². The van der Waals surface area contributed by atoms with Crippen molar-refractivity contribution < 1.29 is 8.78 Å². The van der Waals surface area contributed by atoms with Gasteiger partial charge in [0.15, 0.2) is 0 Å². The van der Waals surface area contributed by atoms with Gasteiger partial charge in [0.25, 0.3) is 0 Å². The van der Waals surface area contributed by atoms with Gasteiger partial charge in [-0.25, -0.2) is 8.78 Å². The maximum Gasteiger partial charge on any atom is 0.130 e. The van der Waals surface area contributed by atoms with Gasteiger partial charge in [0, 0.05) is 11.6 Å². The van der Waals surface area contributed by atoms with E-state index in [0.717, 1.165) is 31.7 Å². The maximum atomic E-state index is 13.8. The van der Waals surface area contributed by atoms with E-state index in [0.29, 0.717) is 11.1 Å². The zero-order valence-corrected chi connectivity index (χ0v) is 11.0. The molecule has 0 aromatic heterocycles. The summed E-state index contributed by atoms with van der Waals surface area (Å²) < 4.78 is 27.0. The van der Waals surface area contributed by atoms with Gasteiger partial charge in [0.2, 0.25) is 0 Å². The number of hydrogen-bond donors (Lipinski definition) is 0. The van der Waals surface area contributed by atoms with E-state index in [2.05, 4.69) is 6.92 Å². The van der Waals surface area contributed by atoms with Crippen molar-refractivity contribution in [1.29, 1.82) is 0 Å². The zero-order valence-electron chi connectivity index (χ0n) is 10.2. The highest BCUT2D eigenvalue weighted by Gasteiger charge is 2.38. The number of halogens is 3. The number of rotatable bonds is 2. The van der Waals surface area contributed by atoms with Crippen LogP contribution in [0, 0.1) is 24.0 Å². The lowest BCUT2D eigenvalue weighted by Crippen LogP contribution is -2.19. The van der Waals surface area contributed by atoms with Gasteiger partial charge in [-0.1, -0.05) is 19.8 Å². The summed E-state index contributed by atoms with van der Waals surface area (Å²) >= 11 is 6.42. The molecule has 0 heterocycles. The van der Waals surface area contributed by atoms with Crippen LogP contribution in [0.3, 0.4) is 0 Å². The van der Waals surface area contributed by atoms with Gasteiger partial charge in [-0.2, -0.15) is 0 Å². The van der Waals surface area contributed by atoms with E-state index in [-0.39, 0.29) is 10.8 Å². The van der Waals surface area contributed by atoms with E-state index in [1.165, 1.54) is 0 Å². The van der Waals surface area contributed by atoms with E-state index in [4.69, 9.17) is 11.6 Å². The fourth-order valence-corrected chi connectivity index (χ4v) is 3.07. The van der Waals surface area contributed by atoms with E-state index in [9.17, 15) is 8.78 Å². The zero-order chi connectivity index (χ0) is 12.6. The Labute approximate surface area is 106 Å². The quantitative estimate of drug-likeness (QED) is 0.645. The lowest BCUT2D eigenvalue weighted by molar-refractivity contribution is 0.316. The lowest BCUT2D eigenvalue weighted by Gasteiger charge is -2.30. The molecular formula is C14H17ClF2. The van der Waals surface area contributed by atoms with Gasteiger partial charge in [0.05, 0.1) is 5.38 Å². The van der Waals surface area contributed by atoms with Crippen molar-refractivity contribution in [2.45, 2.75) is 44.9 Å². The number of benzene rings is 1. The summed E-state index contributed by atoms with van der Waals surface area (Å²) in [6.45, 7) is 3.73. The van der Waals surface area contributed by atoms with Crippen LogP contribution in [0.15, 0.2) is 12.1 Å².